The highest BCUT2D eigenvalue weighted by molar-refractivity contribution is 7.90. The molecule has 0 atom stereocenters. The van der Waals surface area contributed by atoms with Gasteiger partial charge in [0.25, 0.3) is 0 Å². The summed E-state index contributed by atoms with van der Waals surface area (Å²) in [7, 11) is -2.18. The highest BCUT2D eigenvalue weighted by Crippen LogP contribution is 2.22. The Hall–Kier alpha value is -2.38. The fourth-order valence-corrected chi connectivity index (χ4v) is 2.81. The van der Waals surface area contributed by atoms with Crippen LogP contribution in [0.25, 0.3) is 0 Å². The number of benzene rings is 2. The van der Waals surface area contributed by atoms with Crippen LogP contribution in [-0.2, 0) is 25.9 Å². The summed E-state index contributed by atoms with van der Waals surface area (Å²) >= 11 is 5.95. The number of ether oxygens (including phenoxy) is 2. The van der Waals surface area contributed by atoms with Gasteiger partial charge in [0, 0.05) is 6.26 Å². The second-order valence-electron chi connectivity index (χ2n) is 5.18. The molecule has 8 heteroatoms. The summed E-state index contributed by atoms with van der Waals surface area (Å²) in [5.74, 6) is -1.21. The van der Waals surface area contributed by atoms with Gasteiger partial charge in [0.1, 0.15) is 6.61 Å². The monoisotopic (exact) mass is 382 g/mol. The molecule has 2 rings (SSSR count). The zero-order valence-corrected chi connectivity index (χ0v) is 15.1. The SMILES string of the molecule is COC(=O)c1ccc(COC(=O)c2cc(S(C)(=O)=O)ccc2Cl)cc1. The first kappa shape index (κ1) is 19.0. The van der Waals surface area contributed by atoms with Crippen LogP contribution in [0.15, 0.2) is 47.4 Å². The quantitative estimate of drug-likeness (QED) is 0.739. The normalized spacial score (nSPS) is 11.0. The molecule has 0 spiro atoms. The summed E-state index contributed by atoms with van der Waals surface area (Å²) in [6, 6.07) is 10.2. The van der Waals surface area contributed by atoms with Crippen LogP contribution in [-0.4, -0.2) is 33.7 Å². The van der Waals surface area contributed by atoms with Crippen molar-refractivity contribution in [3.05, 3.63) is 64.2 Å². The third kappa shape index (κ3) is 4.80. The van der Waals surface area contributed by atoms with Crippen LogP contribution in [0.3, 0.4) is 0 Å². The van der Waals surface area contributed by atoms with Crippen LogP contribution < -0.4 is 0 Å². The number of hydrogen-bond acceptors (Lipinski definition) is 6. The molecule has 0 heterocycles. The van der Waals surface area contributed by atoms with E-state index in [0.717, 1.165) is 6.26 Å². The molecule has 0 fully saturated rings. The minimum Gasteiger partial charge on any atom is -0.465 e. The van der Waals surface area contributed by atoms with Crippen molar-refractivity contribution in [2.45, 2.75) is 11.5 Å². The van der Waals surface area contributed by atoms with E-state index in [-0.39, 0.29) is 22.1 Å². The molecule has 0 saturated carbocycles. The molecular formula is C17H15ClO6S. The summed E-state index contributed by atoms with van der Waals surface area (Å²) in [6.07, 6.45) is 1.04. The lowest BCUT2D eigenvalue weighted by atomic mass is 10.1. The van der Waals surface area contributed by atoms with Gasteiger partial charge in [-0.3, -0.25) is 0 Å². The minimum absolute atomic E-state index is 0.0220. The van der Waals surface area contributed by atoms with Crippen LogP contribution in [0.1, 0.15) is 26.3 Å². The summed E-state index contributed by atoms with van der Waals surface area (Å²) in [5, 5.41) is 0.0958. The van der Waals surface area contributed by atoms with Crippen LogP contribution >= 0.6 is 11.6 Å². The van der Waals surface area contributed by atoms with E-state index in [1.807, 2.05) is 0 Å². The summed E-state index contributed by atoms with van der Waals surface area (Å²) in [5.41, 5.74) is 0.994. The molecule has 0 aliphatic rings. The smallest absolute Gasteiger partial charge is 0.340 e. The van der Waals surface area contributed by atoms with Crippen molar-refractivity contribution in [3.63, 3.8) is 0 Å². The Bertz CT molecular complexity index is 903. The Morgan fingerprint density at radius 3 is 2.24 bits per heavy atom. The van der Waals surface area contributed by atoms with Gasteiger partial charge in [0.15, 0.2) is 9.84 Å². The summed E-state index contributed by atoms with van der Waals surface area (Å²) in [4.78, 5) is 23.5. The third-order valence-corrected chi connectivity index (χ3v) is 4.77. The Morgan fingerprint density at radius 1 is 1.04 bits per heavy atom. The fourth-order valence-electron chi connectivity index (χ4n) is 1.97. The van der Waals surface area contributed by atoms with Crippen molar-refractivity contribution < 1.29 is 27.5 Å². The number of carbonyl (C=O) groups excluding carboxylic acids is 2. The average molecular weight is 383 g/mol. The van der Waals surface area contributed by atoms with E-state index in [1.54, 1.807) is 24.3 Å². The van der Waals surface area contributed by atoms with E-state index in [4.69, 9.17) is 16.3 Å². The van der Waals surface area contributed by atoms with E-state index in [0.29, 0.717) is 11.1 Å². The number of methoxy groups -OCH3 is 1. The second kappa shape index (κ2) is 7.67. The van der Waals surface area contributed by atoms with Gasteiger partial charge in [-0.15, -0.1) is 0 Å². The molecule has 0 N–H and O–H groups in total. The molecule has 0 amide bonds. The number of sulfone groups is 1. The number of carbonyl (C=O) groups is 2. The molecule has 0 saturated heterocycles. The Kier molecular flexibility index (Phi) is 5.81. The minimum atomic E-state index is -3.47. The maximum Gasteiger partial charge on any atom is 0.340 e. The first-order chi connectivity index (χ1) is 11.7. The largest absolute Gasteiger partial charge is 0.465 e. The molecule has 132 valence electrons. The summed E-state index contributed by atoms with van der Waals surface area (Å²) < 4.78 is 32.9. The molecule has 2 aromatic carbocycles. The molecule has 0 aromatic heterocycles. The maximum absolute atomic E-state index is 12.2. The highest BCUT2D eigenvalue weighted by Gasteiger charge is 2.17. The van der Waals surface area contributed by atoms with Crippen molar-refractivity contribution in [2.75, 3.05) is 13.4 Å². The van der Waals surface area contributed by atoms with Gasteiger partial charge in [-0.25, -0.2) is 18.0 Å². The zero-order chi connectivity index (χ0) is 18.6. The van der Waals surface area contributed by atoms with Gasteiger partial charge in [0.2, 0.25) is 0 Å². The standard InChI is InChI=1S/C17H15ClO6S/c1-23-16(19)12-5-3-11(4-6-12)10-24-17(20)14-9-13(25(2,21)22)7-8-15(14)18/h3-9H,10H2,1-2H3. The maximum atomic E-state index is 12.2. The third-order valence-electron chi connectivity index (χ3n) is 3.33. The van der Waals surface area contributed by atoms with Crippen LogP contribution in [0.5, 0.6) is 0 Å². The summed E-state index contributed by atoms with van der Waals surface area (Å²) in [6.45, 7) is -0.0558. The Morgan fingerprint density at radius 2 is 1.68 bits per heavy atom. The van der Waals surface area contributed by atoms with E-state index in [9.17, 15) is 18.0 Å². The van der Waals surface area contributed by atoms with E-state index >= 15 is 0 Å². The first-order valence-electron chi connectivity index (χ1n) is 7.06. The first-order valence-corrected chi connectivity index (χ1v) is 9.33. The molecule has 25 heavy (non-hydrogen) atoms. The topological polar surface area (TPSA) is 86.7 Å². The van der Waals surface area contributed by atoms with Crippen molar-refractivity contribution in [2.24, 2.45) is 0 Å². The van der Waals surface area contributed by atoms with E-state index < -0.39 is 21.8 Å². The van der Waals surface area contributed by atoms with Crippen molar-refractivity contribution in [1.82, 2.24) is 0 Å². The van der Waals surface area contributed by atoms with Crippen molar-refractivity contribution in [3.8, 4) is 0 Å². The average Bonchev–Trinajstić information content (AvgIpc) is 2.58. The predicted molar refractivity (Wildman–Crippen MR) is 91.5 cm³/mol. The number of halogens is 1. The van der Waals surface area contributed by atoms with Gasteiger partial charge < -0.3 is 9.47 Å². The van der Waals surface area contributed by atoms with Gasteiger partial charge in [0.05, 0.1) is 28.2 Å². The fraction of sp³-hybridized carbons (Fsp3) is 0.176. The lowest BCUT2D eigenvalue weighted by Crippen LogP contribution is -2.08. The molecule has 0 aliphatic heterocycles. The van der Waals surface area contributed by atoms with E-state index in [2.05, 4.69) is 4.74 Å². The van der Waals surface area contributed by atoms with Gasteiger partial charge in [-0.2, -0.15) is 0 Å². The lowest BCUT2D eigenvalue weighted by molar-refractivity contribution is 0.0471. The molecule has 6 nitrogen and oxygen atoms in total. The number of esters is 2. The van der Waals surface area contributed by atoms with Crippen molar-refractivity contribution >= 4 is 33.4 Å². The lowest BCUT2D eigenvalue weighted by Gasteiger charge is -2.08. The molecule has 0 bridgehead atoms. The molecule has 0 radical (unpaired) electrons. The van der Waals surface area contributed by atoms with Crippen molar-refractivity contribution in [1.29, 1.82) is 0 Å². The van der Waals surface area contributed by atoms with Crippen LogP contribution in [0.4, 0.5) is 0 Å². The second-order valence-corrected chi connectivity index (χ2v) is 7.60. The van der Waals surface area contributed by atoms with Crippen LogP contribution in [0.2, 0.25) is 5.02 Å². The molecular weight excluding hydrogens is 368 g/mol. The molecule has 2 aromatic rings. The zero-order valence-electron chi connectivity index (χ0n) is 13.5. The van der Waals surface area contributed by atoms with Gasteiger partial charge >= 0.3 is 11.9 Å². The highest BCUT2D eigenvalue weighted by atomic mass is 35.5. The van der Waals surface area contributed by atoms with Gasteiger partial charge in [-0.05, 0) is 35.9 Å². The van der Waals surface area contributed by atoms with Crippen LogP contribution in [0, 0.1) is 0 Å². The predicted octanol–water partition coefficient (Wildman–Crippen LogP) is 2.89. The number of hydrogen-bond donors (Lipinski definition) is 0. The van der Waals surface area contributed by atoms with E-state index in [1.165, 1.54) is 25.3 Å². The van der Waals surface area contributed by atoms with Gasteiger partial charge in [-0.1, -0.05) is 23.7 Å². The molecule has 0 aliphatic carbocycles. The Labute approximate surface area is 150 Å². The molecule has 0 unspecified atom stereocenters. The number of rotatable bonds is 5. The Balaban J connectivity index is 2.11.